The summed E-state index contributed by atoms with van der Waals surface area (Å²) in [6.45, 7) is 0. The molecule has 8 aromatic rings. The van der Waals surface area contributed by atoms with Crippen LogP contribution in [0.5, 0.6) is 0 Å². The van der Waals surface area contributed by atoms with E-state index >= 15 is 0 Å². The average Bonchev–Trinajstić information content (AvgIpc) is 3.41. The molecule has 1 aliphatic carbocycles. The Morgan fingerprint density at radius 1 is 0.362 bits per heavy atom. The van der Waals surface area contributed by atoms with Crippen LogP contribution in [0.2, 0.25) is 0 Å². The molecule has 220 valence electrons. The van der Waals surface area contributed by atoms with Gasteiger partial charge in [0.1, 0.15) is 0 Å². The van der Waals surface area contributed by atoms with Gasteiger partial charge in [0.2, 0.25) is 0 Å². The molecule has 0 saturated carbocycles. The Labute approximate surface area is 274 Å². The third-order valence-corrected chi connectivity index (χ3v) is 9.53. The molecular weight excluding hydrogens is 567 g/mol. The number of aromatic nitrogens is 1. The van der Waals surface area contributed by atoms with Crippen LogP contribution in [0, 0.1) is 0 Å². The predicted molar refractivity (Wildman–Crippen MR) is 201 cm³/mol. The van der Waals surface area contributed by atoms with Crippen molar-refractivity contribution < 1.29 is 0 Å². The maximum absolute atomic E-state index is 5.01. The number of hydrogen-bond donors (Lipinski definition) is 0. The quantitative estimate of drug-likeness (QED) is 0.145. The van der Waals surface area contributed by atoms with Gasteiger partial charge in [-0.2, -0.15) is 0 Å². The normalized spacial score (nSPS) is 13.2. The van der Waals surface area contributed by atoms with Gasteiger partial charge in [0.25, 0.3) is 0 Å². The lowest BCUT2D eigenvalue weighted by molar-refractivity contribution is 1.33. The van der Waals surface area contributed by atoms with Gasteiger partial charge in [-0.3, -0.25) is 4.98 Å². The topological polar surface area (TPSA) is 12.9 Å². The van der Waals surface area contributed by atoms with Gasteiger partial charge < -0.3 is 0 Å². The molecule has 0 fully saturated rings. The first kappa shape index (κ1) is 27.3. The van der Waals surface area contributed by atoms with Crippen LogP contribution in [0.25, 0.3) is 76.6 Å². The molecule has 0 amide bonds. The molecule has 0 atom stereocenters. The number of nitrogens with zero attached hydrogens (tertiary/aromatic N) is 1. The van der Waals surface area contributed by atoms with Crippen LogP contribution in [0.4, 0.5) is 0 Å². The largest absolute Gasteiger partial charge is 0.256 e. The van der Waals surface area contributed by atoms with E-state index in [-0.39, 0.29) is 0 Å². The zero-order chi connectivity index (χ0) is 31.2. The van der Waals surface area contributed by atoms with Gasteiger partial charge in [0.15, 0.2) is 0 Å². The van der Waals surface area contributed by atoms with Crippen molar-refractivity contribution >= 4 is 54.2 Å². The molecular formula is C46H31N. The molecule has 0 spiro atoms. The Morgan fingerprint density at radius 2 is 0.851 bits per heavy atom. The highest BCUT2D eigenvalue weighted by atomic mass is 14.7. The van der Waals surface area contributed by atoms with Crippen LogP contribution in [0.15, 0.2) is 176 Å². The lowest BCUT2D eigenvalue weighted by Gasteiger charge is -2.22. The molecule has 1 aliphatic rings. The number of allylic oxidation sites excluding steroid dienone is 6. The van der Waals surface area contributed by atoms with Gasteiger partial charge in [-0.05, 0) is 83.4 Å². The number of rotatable bonds is 4. The summed E-state index contributed by atoms with van der Waals surface area (Å²) in [6, 6.07) is 52.3. The monoisotopic (exact) mass is 597 g/mol. The van der Waals surface area contributed by atoms with E-state index in [0.29, 0.717) is 0 Å². The molecule has 1 heteroatoms. The maximum atomic E-state index is 5.01. The molecule has 47 heavy (non-hydrogen) atoms. The van der Waals surface area contributed by atoms with Crippen LogP contribution in [0.1, 0.15) is 17.5 Å². The van der Waals surface area contributed by atoms with Crippen molar-refractivity contribution in [2.24, 2.45) is 0 Å². The van der Waals surface area contributed by atoms with Crippen molar-refractivity contribution in [3.63, 3.8) is 0 Å². The summed E-state index contributed by atoms with van der Waals surface area (Å²) >= 11 is 0. The SMILES string of the molecule is C1=CC(c2c3ccccc3c(-c3ccc(-c4ccccc4)nc3)c3c4ccccc4c4ccccc4c23)=CCC=C1c1ccccc1. The van der Waals surface area contributed by atoms with E-state index < -0.39 is 0 Å². The summed E-state index contributed by atoms with van der Waals surface area (Å²) in [5, 5.41) is 10.1. The standard InChI is InChI=1S/C46H31N/c1-3-14-31(15-4-1)32-18-13-19-34(27-26-32)43-40-24-11-12-25-41(40)44(35-28-29-42(47-30-35)33-16-5-2-6-17-33)46-39-23-10-8-21-37(39)36-20-7-9-22-38(36)45(43)46/h1-12,14-30H,13H2. The van der Waals surface area contributed by atoms with Gasteiger partial charge in [-0.1, -0.05) is 164 Å². The number of benzene rings is 7. The first-order valence-corrected chi connectivity index (χ1v) is 16.3. The molecule has 0 aliphatic heterocycles. The zero-order valence-electron chi connectivity index (χ0n) is 25.9. The minimum atomic E-state index is 0.862. The summed E-state index contributed by atoms with van der Waals surface area (Å²) in [5.74, 6) is 0. The van der Waals surface area contributed by atoms with Gasteiger partial charge in [-0.15, -0.1) is 0 Å². The summed E-state index contributed by atoms with van der Waals surface area (Å²) in [4.78, 5) is 5.01. The van der Waals surface area contributed by atoms with Gasteiger partial charge in [0.05, 0.1) is 5.69 Å². The molecule has 9 rings (SSSR count). The van der Waals surface area contributed by atoms with Crippen LogP contribution >= 0.6 is 0 Å². The Balaban J connectivity index is 1.39. The third kappa shape index (κ3) is 4.59. The minimum Gasteiger partial charge on any atom is -0.256 e. The molecule has 0 unspecified atom stereocenters. The highest BCUT2D eigenvalue weighted by molar-refractivity contribution is 6.35. The van der Waals surface area contributed by atoms with Crippen molar-refractivity contribution in [1.82, 2.24) is 4.98 Å². The summed E-state index contributed by atoms with van der Waals surface area (Å²) in [7, 11) is 0. The van der Waals surface area contributed by atoms with E-state index in [1.165, 1.54) is 70.9 Å². The van der Waals surface area contributed by atoms with Crippen LogP contribution in [-0.2, 0) is 0 Å². The highest BCUT2D eigenvalue weighted by Gasteiger charge is 2.22. The molecule has 7 aromatic carbocycles. The van der Waals surface area contributed by atoms with Crippen LogP contribution < -0.4 is 0 Å². The Hall–Kier alpha value is -6.05. The lowest BCUT2D eigenvalue weighted by atomic mass is 9.81. The Bertz CT molecular complexity index is 2550. The van der Waals surface area contributed by atoms with Crippen molar-refractivity contribution in [2.45, 2.75) is 6.42 Å². The van der Waals surface area contributed by atoms with Crippen molar-refractivity contribution in [3.8, 4) is 22.4 Å². The molecule has 0 radical (unpaired) electrons. The van der Waals surface area contributed by atoms with E-state index in [0.717, 1.165) is 23.2 Å². The van der Waals surface area contributed by atoms with Crippen LogP contribution in [0.3, 0.4) is 0 Å². The second-order valence-electron chi connectivity index (χ2n) is 12.2. The Kier molecular flexibility index (Phi) is 6.61. The summed E-state index contributed by atoms with van der Waals surface area (Å²) in [5.41, 5.74) is 9.48. The lowest BCUT2D eigenvalue weighted by Crippen LogP contribution is -1.96. The van der Waals surface area contributed by atoms with E-state index in [2.05, 4.69) is 170 Å². The predicted octanol–water partition coefficient (Wildman–Crippen LogP) is 12.5. The molecule has 1 nitrogen and oxygen atoms in total. The molecule has 1 heterocycles. The molecule has 1 aromatic heterocycles. The van der Waals surface area contributed by atoms with E-state index in [1.54, 1.807) is 0 Å². The minimum absolute atomic E-state index is 0.862. The second kappa shape index (κ2) is 11.4. The fraction of sp³-hybridized carbons (Fsp3) is 0.0217. The van der Waals surface area contributed by atoms with Crippen molar-refractivity contribution in [2.75, 3.05) is 0 Å². The molecule has 0 N–H and O–H groups in total. The van der Waals surface area contributed by atoms with E-state index in [1.807, 2.05) is 6.07 Å². The molecule has 0 saturated heterocycles. The Morgan fingerprint density at radius 3 is 1.47 bits per heavy atom. The summed E-state index contributed by atoms with van der Waals surface area (Å²) < 4.78 is 0. The van der Waals surface area contributed by atoms with Crippen LogP contribution in [-0.4, -0.2) is 4.98 Å². The smallest absolute Gasteiger partial charge is 0.0702 e. The highest BCUT2D eigenvalue weighted by Crippen LogP contribution is 2.48. The first-order valence-electron chi connectivity index (χ1n) is 16.3. The fourth-order valence-corrected chi connectivity index (χ4v) is 7.43. The summed E-state index contributed by atoms with van der Waals surface area (Å²) in [6.07, 6.45) is 12.3. The average molecular weight is 598 g/mol. The van der Waals surface area contributed by atoms with Crippen molar-refractivity contribution in [3.05, 3.63) is 187 Å². The number of pyridine rings is 1. The second-order valence-corrected chi connectivity index (χ2v) is 12.2. The van der Waals surface area contributed by atoms with E-state index in [4.69, 9.17) is 4.98 Å². The molecule has 0 bridgehead atoms. The number of hydrogen-bond acceptors (Lipinski definition) is 1. The van der Waals surface area contributed by atoms with Gasteiger partial charge in [0, 0.05) is 17.3 Å². The number of fused-ring (bicyclic) bond motifs is 7. The van der Waals surface area contributed by atoms with E-state index in [9.17, 15) is 0 Å². The fourth-order valence-electron chi connectivity index (χ4n) is 7.43. The third-order valence-electron chi connectivity index (χ3n) is 9.53. The first-order chi connectivity index (χ1) is 23.3. The van der Waals surface area contributed by atoms with Crippen molar-refractivity contribution in [1.29, 1.82) is 0 Å². The van der Waals surface area contributed by atoms with Gasteiger partial charge in [-0.25, -0.2) is 0 Å². The zero-order valence-corrected chi connectivity index (χ0v) is 25.9. The van der Waals surface area contributed by atoms with Gasteiger partial charge >= 0.3 is 0 Å². The maximum Gasteiger partial charge on any atom is 0.0702 e.